The van der Waals surface area contributed by atoms with Gasteiger partial charge in [-0.25, -0.2) is 4.79 Å². The molecular weight excluding hydrogens is 937 g/mol. The molecule has 1 saturated heterocycles. The average molecular weight is 1010 g/mol. The van der Waals surface area contributed by atoms with Gasteiger partial charge in [-0.15, -0.1) is 0 Å². The molecule has 0 saturated carbocycles. The molecule has 8 atom stereocenters. The largest absolute Gasteiger partial charge is 0.480 e. The van der Waals surface area contributed by atoms with Crippen LogP contribution in [0, 0.1) is 5.92 Å². The van der Waals surface area contributed by atoms with Gasteiger partial charge in [0.25, 0.3) is 0 Å². The second kappa shape index (κ2) is 31.6. The lowest BCUT2D eigenvalue weighted by molar-refractivity contribution is -0.143. The summed E-state index contributed by atoms with van der Waals surface area (Å²) >= 11 is 1.40. The molecule has 30 heteroatoms. The Morgan fingerprint density at radius 2 is 1.25 bits per heavy atom. The van der Waals surface area contributed by atoms with Crippen molar-refractivity contribution in [2.45, 2.75) is 107 Å². The van der Waals surface area contributed by atoms with Gasteiger partial charge in [0.05, 0.1) is 32.9 Å². The Morgan fingerprint density at radius 1 is 0.681 bits per heavy atom. The van der Waals surface area contributed by atoms with Crippen molar-refractivity contribution in [1.82, 2.24) is 47.4 Å². The van der Waals surface area contributed by atoms with Crippen molar-refractivity contribution in [3.63, 3.8) is 0 Å². The van der Waals surface area contributed by atoms with Crippen molar-refractivity contribution < 1.29 is 73.2 Å². The fraction of sp³-hybridized carbons (Fsp3) is 0.692. The van der Waals surface area contributed by atoms with E-state index in [1.165, 1.54) is 11.8 Å². The van der Waals surface area contributed by atoms with E-state index in [2.05, 4.69) is 47.5 Å². The van der Waals surface area contributed by atoms with Gasteiger partial charge < -0.3 is 90.8 Å². The third kappa shape index (κ3) is 22.1. The zero-order chi connectivity index (χ0) is 52.4. The first kappa shape index (κ1) is 60.6. The second-order valence-electron chi connectivity index (χ2n) is 16.0. The van der Waals surface area contributed by atoms with Crippen LogP contribution in [0.15, 0.2) is 4.99 Å². The second-order valence-corrected chi connectivity index (χ2v) is 17.0. The Balaban J connectivity index is 3.02. The molecule has 1 heterocycles. The Kier molecular flexibility index (Phi) is 27.8. The monoisotopic (exact) mass is 1000 g/mol. The summed E-state index contributed by atoms with van der Waals surface area (Å²) < 4.78 is 0. The smallest absolute Gasteiger partial charge is 0.328 e. The lowest BCUT2D eigenvalue weighted by atomic mass is 10.0. The zero-order valence-corrected chi connectivity index (χ0v) is 39.5. The SMILES string of the molecule is CSCC[C@H](NC(=O)[C@@H](N)CO)C(=O)N[C@H](C(=O)NCC(=O)N1CCC[C@H]1C(=O)N[C@@H](CO)C(=O)N[C@@H](CCC(N)=O)C(=O)NCC(=O)N[C@@H](CCCN=C(N)N)C(=O)N[C@@H](CO)C(=O)O)C(C)C. The van der Waals surface area contributed by atoms with Crippen LogP contribution >= 0.6 is 11.8 Å². The standard InChI is InChI=1S/C39H68N14O15S/c1-19(2)30(52-34(63)23(10-13-69-3)48-31(60)20(40)16-54)37(66)46-15-29(59)53-12-5-7-26(53)36(65)50-24(17-55)35(64)49-22(8-9-27(41)57)32(61)45-14-28(58)47-21(6-4-11-44-39(42)43)33(62)51-25(18-56)38(67)68/h19-26,30,54-56H,4-18,40H2,1-3H3,(H2,41,57)(H,45,61)(H,46,66)(H,47,58)(H,48,60)(H,49,64)(H,50,65)(H,51,62)(H,52,63)(H,67,68)(H4,42,43,44)/t20-,21-,22-,23-,24-,25-,26-,30-/m0/s1. The van der Waals surface area contributed by atoms with Gasteiger partial charge in [-0.1, -0.05) is 13.8 Å². The molecule has 0 aliphatic carbocycles. The quantitative estimate of drug-likeness (QED) is 0.0169. The minimum absolute atomic E-state index is 0.0206. The van der Waals surface area contributed by atoms with E-state index in [-0.39, 0.29) is 44.7 Å². The van der Waals surface area contributed by atoms with E-state index in [1.54, 1.807) is 20.1 Å². The molecule has 20 N–H and O–H groups in total. The number of hydrogen-bond donors (Lipinski definition) is 16. The number of hydrogen-bond acceptors (Lipinski definition) is 17. The molecule has 10 amide bonds. The summed E-state index contributed by atoms with van der Waals surface area (Å²) in [5.74, 6) is -10.7. The number of primary amides is 1. The van der Waals surface area contributed by atoms with E-state index < -0.39 is 165 Å². The van der Waals surface area contributed by atoms with Crippen molar-refractivity contribution in [2.24, 2.45) is 33.8 Å². The molecule has 69 heavy (non-hydrogen) atoms. The third-order valence-electron chi connectivity index (χ3n) is 10.3. The molecule has 0 bridgehead atoms. The first-order valence-corrected chi connectivity index (χ1v) is 23.2. The molecular formula is C39H68N14O15S. The molecule has 390 valence electrons. The number of carbonyl (C=O) groups is 11. The summed E-state index contributed by atoms with van der Waals surface area (Å²) in [6, 6.07) is -11.1. The van der Waals surface area contributed by atoms with Crippen LogP contribution in [-0.2, 0) is 52.7 Å². The predicted molar refractivity (Wildman–Crippen MR) is 245 cm³/mol. The molecule has 1 fully saturated rings. The lowest BCUT2D eigenvalue weighted by Gasteiger charge is -2.28. The fourth-order valence-corrected chi connectivity index (χ4v) is 6.89. The van der Waals surface area contributed by atoms with Crippen molar-refractivity contribution in [3.8, 4) is 0 Å². The Bertz CT molecular complexity index is 1840. The molecule has 0 radical (unpaired) electrons. The van der Waals surface area contributed by atoms with Gasteiger partial charge in [-0.2, -0.15) is 11.8 Å². The van der Waals surface area contributed by atoms with E-state index >= 15 is 0 Å². The van der Waals surface area contributed by atoms with Crippen molar-refractivity contribution in [2.75, 3.05) is 58.0 Å². The van der Waals surface area contributed by atoms with E-state index in [4.69, 9.17) is 22.9 Å². The van der Waals surface area contributed by atoms with E-state index in [9.17, 15) is 73.2 Å². The van der Waals surface area contributed by atoms with Crippen LogP contribution in [0.3, 0.4) is 0 Å². The summed E-state index contributed by atoms with van der Waals surface area (Å²) in [5.41, 5.74) is 21.4. The topological polar surface area (TPSA) is 485 Å². The normalized spacial score (nSPS) is 16.2. The van der Waals surface area contributed by atoms with Gasteiger partial charge in [0.15, 0.2) is 5.96 Å². The van der Waals surface area contributed by atoms with Gasteiger partial charge in [-0.3, -0.25) is 52.9 Å². The number of carbonyl (C=O) groups excluding carboxylic acids is 10. The molecule has 0 unspecified atom stereocenters. The number of carboxylic acid groups (broad SMARTS) is 1. The van der Waals surface area contributed by atoms with E-state index in [0.29, 0.717) is 12.2 Å². The molecule has 0 aromatic heterocycles. The fourth-order valence-electron chi connectivity index (χ4n) is 6.42. The van der Waals surface area contributed by atoms with Gasteiger partial charge in [-0.05, 0) is 56.5 Å². The summed E-state index contributed by atoms with van der Waals surface area (Å²) in [6.07, 6.45) is 1.54. The third-order valence-corrected chi connectivity index (χ3v) is 10.9. The number of amides is 10. The highest BCUT2D eigenvalue weighted by Gasteiger charge is 2.37. The highest BCUT2D eigenvalue weighted by molar-refractivity contribution is 7.98. The number of nitrogens with one attached hydrogen (secondary N) is 8. The Hall–Kier alpha value is -6.37. The number of nitrogens with zero attached hydrogens (tertiary/aromatic N) is 2. The number of thioether (sulfide) groups is 1. The van der Waals surface area contributed by atoms with Gasteiger partial charge in [0.1, 0.15) is 48.3 Å². The number of rotatable bonds is 32. The number of aliphatic hydroxyl groups excluding tert-OH is 3. The first-order valence-electron chi connectivity index (χ1n) is 21.8. The maximum atomic E-state index is 13.5. The van der Waals surface area contributed by atoms with Crippen LogP contribution in [-0.4, -0.2) is 203 Å². The van der Waals surface area contributed by atoms with Crippen molar-refractivity contribution in [1.29, 1.82) is 0 Å². The molecule has 0 aromatic carbocycles. The van der Waals surface area contributed by atoms with Crippen LogP contribution < -0.4 is 65.5 Å². The lowest BCUT2D eigenvalue weighted by Crippen LogP contribution is -2.59. The van der Waals surface area contributed by atoms with Crippen molar-refractivity contribution >= 4 is 82.8 Å². The van der Waals surface area contributed by atoms with Gasteiger partial charge in [0.2, 0.25) is 59.1 Å². The number of aliphatic hydroxyl groups is 3. The van der Waals surface area contributed by atoms with E-state index in [0.717, 1.165) is 4.90 Å². The molecule has 1 aliphatic rings. The molecule has 0 aromatic rings. The predicted octanol–water partition coefficient (Wildman–Crippen LogP) is -8.76. The van der Waals surface area contributed by atoms with Crippen LogP contribution in [0.4, 0.5) is 0 Å². The average Bonchev–Trinajstić information content (AvgIpc) is 3.80. The minimum atomic E-state index is -1.71. The summed E-state index contributed by atoms with van der Waals surface area (Å²) in [6.45, 7) is -0.712. The number of likely N-dealkylation sites (tertiary alicyclic amines) is 1. The van der Waals surface area contributed by atoms with Gasteiger partial charge >= 0.3 is 5.97 Å². The summed E-state index contributed by atoms with van der Waals surface area (Å²) in [4.78, 5) is 146. The molecule has 1 aliphatic heterocycles. The van der Waals surface area contributed by atoms with Crippen LogP contribution in [0.25, 0.3) is 0 Å². The van der Waals surface area contributed by atoms with Crippen molar-refractivity contribution in [3.05, 3.63) is 0 Å². The van der Waals surface area contributed by atoms with Crippen LogP contribution in [0.1, 0.15) is 58.8 Å². The van der Waals surface area contributed by atoms with E-state index in [1.807, 2.05) is 0 Å². The number of guanidine groups is 1. The zero-order valence-electron chi connectivity index (χ0n) is 38.7. The summed E-state index contributed by atoms with van der Waals surface area (Å²) in [5, 5.41) is 56.6. The molecule has 0 spiro atoms. The minimum Gasteiger partial charge on any atom is -0.480 e. The highest BCUT2D eigenvalue weighted by Crippen LogP contribution is 2.18. The highest BCUT2D eigenvalue weighted by atomic mass is 32.2. The van der Waals surface area contributed by atoms with Crippen LogP contribution in [0.5, 0.6) is 0 Å². The van der Waals surface area contributed by atoms with Crippen LogP contribution in [0.2, 0.25) is 0 Å². The number of carboxylic acids is 1. The van der Waals surface area contributed by atoms with Gasteiger partial charge in [0, 0.05) is 19.5 Å². The Morgan fingerprint density at radius 3 is 1.81 bits per heavy atom. The molecule has 29 nitrogen and oxygen atoms in total. The molecule has 1 rings (SSSR count). The number of nitrogens with two attached hydrogens (primary N) is 4. The maximum absolute atomic E-state index is 13.5. The maximum Gasteiger partial charge on any atom is 0.328 e. The Labute approximate surface area is 401 Å². The summed E-state index contributed by atoms with van der Waals surface area (Å²) in [7, 11) is 0. The number of aliphatic imine (C=N–C) groups is 1. The number of aliphatic carboxylic acids is 1. The first-order chi connectivity index (χ1) is 32.5.